The van der Waals surface area contributed by atoms with Crippen molar-refractivity contribution in [2.45, 2.75) is 52.4 Å². The molecule has 4 rings (SSSR count). The lowest BCUT2D eigenvalue weighted by Gasteiger charge is -2.35. The van der Waals surface area contributed by atoms with E-state index in [1.165, 1.54) is 25.7 Å². The van der Waals surface area contributed by atoms with E-state index in [0.29, 0.717) is 24.7 Å². The van der Waals surface area contributed by atoms with Crippen molar-refractivity contribution in [2.24, 2.45) is 11.8 Å². The van der Waals surface area contributed by atoms with Crippen molar-refractivity contribution < 1.29 is 4.79 Å². The number of carbonyl (C=O) groups is 1. The Hall–Kier alpha value is -2.18. The van der Waals surface area contributed by atoms with Crippen LogP contribution in [0, 0.1) is 11.8 Å². The number of hydrogen-bond acceptors (Lipinski definition) is 5. The van der Waals surface area contributed by atoms with Crippen LogP contribution in [0.25, 0.3) is 5.65 Å². The highest BCUT2D eigenvalue weighted by Crippen LogP contribution is 2.22. The number of amides is 1. The molecule has 0 aliphatic carbocycles. The fourth-order valence-electron chi connectivity index (χ4n) is 4.51. The van der Waals surface area contributed by atoms with E-state index >= 15 is 0 Å². The molecule has 7 heteroatoms. The van der Waals surface area contributed by atoms with Gasteiger partial charge in [-0.3, -0.25) is 4.79 Å². The minimum atomic E-state index is 0.220. The van der Waals surface area contributed by atoms with Crippen LogP contribution in [0.3, 0.4) is 0 Å². The summed E-state index contributed by atoms with van der Waals surface area (Å²) in [5, 5.41) is 13.3. The number of aryl methyl sites for hydroxylation is 1. The molecular weight excluding hydrogens is 340 g/mol. The average molecular weight is 371 g/mol. The molecule has 0 saturated carbocycles. The molecular formula is C20H30N6O. The third-order valence-corrected chi connectivity index (χ3v) is 5.78. The first-order valence-corrected chi connectivity index (χ1v) is 10.3. The van der Waals surface area contributed by atoms with Gasteiger partial charge < -0.3 is 9.80 Å². The van der Waals surface area contributed by atoms with Gasteiger partial charge in [-0.25, -0.2) is 0 Å². The number of likely N-dealkylation sites (tertiary alicyclic amines) is 1. The van der Waals surface area contributed by atoms with Crippen LogP contribution in [-0.4, -0.2) is 56.8 Å². The van der Waals surface area contributed by atoms with Gasteiger partial charge in [-0.1, -0.05) is 13.8 Å². The summed E-state index contributed by atoms with van der Waals surface area (Å²) in [7, 11) is 0. The normalized spacial score (nSPS) is 23.8. The Balaban J connectivity index is 1.44. The van der Waals surface area contributed by atoms with Crippen LogP contribution in [0.2, 0.25) is 0 Å². The maximum atomic E-state index is 12.7. The summed E-state index contributed by atoms with van der Waals surface area (Å²) in [5.74, 6) is 3.14. The largest absolute Gasteiger partial charge is 0.355 e. The van der Waals surface area contributed by atoms with Crippen molar-refractivity contribution in [1.29, 1.82) is 0 Å². The summed E-state index contributed by atoms with van der Waals surface area (Å²) in [6.07, 6.45) is 5.99. The molecule has 4 heterocycles. The lowest BCUT2D eigenvalue weighted by atomic mass is 9.91. The lowest BCUT2D eigenvalue weighted by molar-refractivity contribution is -0.133. The van der Waals surface area contributed by atoms with E-state index in [9.17, 15) is 4.79 Å². The van der Waals surface area contributed by atoms with Crippen molar-refractivity contribution in [3.63, 3.8) is 0 Å². The Morgan fingerprint density at radius 1 is 1.07 bits per heavy atom. The molecule has 2 fully saturated rings. The number of hydrogen-bond donors (Lipinski definition) is 0. The molecule has 0 radical (unpaired) electrons. The second kappa shape index (κ2) is 7.82. The van der Waals surface area contributed by atoms with Gasteiger partial charge in [0.2, 0.25) is 5.91 Å². The van der Waals surface area contributed by atoms with Gasteiger partial charge >= 0.3 is 0 Å². The number of fused-ring (bicyclic) bond motifs is 1. The van der Waals surface area contributed by atoms with Crippen LogP contribution >= 0.6 is 0 Å². The van der Waals surface area contributed by atoms with Crippen LogP contribution in [0.4, 0.5) is 5.82 Å². The molecule has 2 aromatic rings. The van der Waals surface area contributed by atoms with Crippen molar-refractivity contribution >= 4 is 17.4 Å². The van der Waals surface area contributed by atoms with E-state index in [0.717, 1.165) is 43.5 Å². The Kier molecular flexibility index (Phi) is 5.27. The van der Waals surface area contributed by atoms with Crippen LogP contribution in [0.1, 0.15) is 51.8 Å². The second-order valence-electron chi connectivity index (χ2n) is 8.37. The lowest BCUT2D eigenvalue weighted by Crippen LogP contribution is -2.42. The van der Waals surface area contributed by atoms with Crippen molar-refractivity contribution in [1.82, 2.24) is 24.7 Å². The first-order chi connectivity index (χ1) is 13.1. The first kappa shape index (κ1) is 18.2. The summed E-state index contributed by atoms with van der Waals surface area (Å²) in [6.45, 7) is 8.32. The Labute approximate surface area is 160 Å². The highest BCUT2D eigenvalue weighted by atomic mass is 16.2. The first-order valence-electron chi connectivity index (χ1n) is 10.3. The van der Waals surface area contributed by atoms with Gasteiger partial charge in [0.15, 0.2) is 11.5 Å². The van der Waals surface area contributed by atoms with Crippen LogP contribution in [0.15, 0.2) is 12.1 Å². The minimum Gasteiger partial charge on any atom is -0.355 e. The number of anilines is 1. The third kappa shape index (κ3) is 4.06. The molecule has 2 aliphatic rings. The van der Waals surface area contributed by atoms with Gasteiger partial charge in [0.1, 0.15) is 5.82 Å². The average Bonchev–Trinajstić information content (AvgIpc) is 3.08. The standard InChI is InChI=1S/C20H30N6O/c1-15-12-16(2)14-25(13-15)20(27)9-8-18-22-21-17-6-7-19(23-26(17)18)24-10-4-3-5-11-24/h6-7,15-16H,3-5,8-14H2,1-2H3/t15-,16+. The monoisotopic (exact) mass is 370 g/mol. The molecule has 2 aromatic heterocycles. The second-order valence-corrected chi connectivity index (χ2v) is 8.37. The molecule has 27 heavy (non-hydrogen) atoms. The third-order valence-electron chi connectivity index (χ3n) is 5.78. The summed E-state index contributed by atoms with van der Waals surface area (Å²) < 4.78 is 1.82. The van der Waals surface area contributed by atoms with E-state index in [-0.39, 0.29) is 5.91 Å². The van der Waals surface area contributed by atoms with Gasteiger partial charge in [0.05, 0.1) is 0 Å². The summed E-state index contributed by atoms with van der Waals surface area (Å²) in [5.41, 5.74) is 0.749. The molecule has 2 atom stereocenters. The zero-order chi connectivity index (χ0) is 18.8. The minimum absolute atomic E-state index is 0.220. The maximum Gasteiger partial charge on any atom is 0.223 e. The Morgan fingerprint density at radius 2 is 1.81 bits per heavy atom. The molecule has 146 valence electrons. The van der Waals surface area contributed by atoms with Crippen molar-refractivity contribution in [3.8, 4) is 0 Å². The molecule has 0 spiro atoms. The smallest absolute Gasteiger partial charge is 0.223 e. The molecule has 2 aliphatic heterocycles. The summed E-state index contributed by atoms with van der Waals surface area (Å²) >= 11 is 0. The van der Waals surface area contributed by atoms with Gasteiger partial charge in [-0.05, 0) is 49.7 Å². The molecule has 0 N–H and O–H groups in total. The maximum absolute atomic E-state index is 12.7. The SMILES string of the molecule is C[C@@H]1C[C@H](C)CN(C(=O)CCc2nnc3ccc(N4CCCCC4)nn23)C1. The van der Waals surface area contributed by atoms with Crippen LogP contribution < -0.4 is 4.90 Å². The molecule has 1 amide bonds. The highest BCUT2D eigenvalue weighted by molar-refractivity contribution is 5.76. The fourth-order valence-corrected chi connectivity index (χ4v) is 4.51. The van der Waals surface area contributed by atoms with Crippen molar-refractivity contribution in [3.05, 3.63) is 18.0 Å². The summed E-state index contributed by atoms with van der Waals surface area (Å²) in [4.78, 5) is 17.0. The predicted molar refractivity (Wildman–Crippen MR) is 105 cm³/mol. The Morgan fingerprint density at radius 3 is 2.56 bits per heavy atom. The number of nitrogens with zero attached hydrogens (tertiary/aromatic N) is 6. The number of rotatable bonds is 4. The molecule has 7 nitrogen and oxygen atoms in total. The zero-order valence-corrected chi connectivity index (χ0v) is 16.5. The van der Waals surface area contributed by atoms with E-state index < -0.39 is 0 Å². The number of carbonyl (C=O) groups excluding carboxylic acids is 1. The van der Waals surface area contributed by atoms with Gasteiger partial charge in [0, 0.05) is 39.0 Å². The molecule has 0 unspecified atom stereocenters. The van der Waals surface area contributed by atoms with E-state index in [1.807, 2.05) is 21.5 Å². The van der Waals surface area contributed by atoms with E-state index in [4.69, 9.17) is 5.10 Å². The van der Waals surface area contributed by atoms with Crippen molar-refractivity contribution in [2.75, 3.05) is 31.1 Å². The van der Waals surface area contributed by atoms with E-state index in [2.05, 4.69) is 28.9 Å². The number of aromatic nitrogens is 4. The van der Waals surface area contributed by atoms with E-state index in [1.54, 1.807) is 0 Å². The molecule has 2 saturated heterocycles. The topological polar surface area (TPSA) is 66.6 Å². The summed E-state index contributed by atoms with van der Waals surface area (Å²) in [6, 6.07) is 4.00. The number of piperidine rings is 2. The molecule has 0 aromatic carbocycles. The predicted octanol–water partition coefficient (Wildman–Crippen LogP) is 2.55. The van der Waals surface area contributed by atoms with Crippen LogP contribution in [-0.2, 0) is 11.2 Å². The zero-order valence-electron chi connectivity index (χ0n) is 16.5. The van der Waals surface area contributed by atoms with Gasteiger partial charge in [-0.15, -0.1) is 15.3 Å². The van der Waals surface area contributed by atoms with Crippen LogP contribution in [0.5, 0.6) is 0 Å². The van der Waals surface area contributed by atoms with Gasteiger partial charge in [0.25, 0.3) is 0 Å². The highest BCUT2D eigenvalue weighted by Gasteiger charge is 2.25. The fraction of sp³-hybridized carbons (Fsp3) is 0.700. The quantitative estimate of drug-likeness (QED) is 0.827. The van der Waals surface area contributed by atoms with Gasteiger partial charge in [-0.2, -0.15) is 4.52 Å². The molecule has 0 bridgehead atoms. The Bertz CT molecular complexity index is 787.